The third kappa shape index (κ3) is 2.23. The Labute approximate surface area is 131 Å². The Morgan fingerprint density at radius 3 is 2.50 bits per heavy atom. The normalized spacial score (nSPS) is 14.9. The fraction of sp³-hybridized carbons (Fsp3) is 0. The van der Waals surface area contributed by atoms with Crippen molar-refractivity contribution in [2.75, 3.05) is 0 Å². The number of benzene rings is 2. The quantitative estimate of drug-likeness (QED) is 0.655. The minimum Gasteiger partial charge on any atom is -0.422 e. The second-order valence-electron chi connectivity index (χ2n) is 4.89. The molecule has 0 N–H and O–H groups in total. The zero-order valence-electron chi connectivity index (χ0n) is 11.5. The van der Waals surface area contributed by atoms with Gasteiger partial charge in [0.05, 0.1) is 11.3 Å². The van der Waals surface area contributed by atoms with Crippen molar-refractivity contribution in [3.63, 3.8) is 0 Å². The van der Waals surface area contributed by atoms with Gasteiger partial charge in [-0.3, -0.25) is 0 Å². The van der Waals surface area contributed by atoms with E-state index < -0.39 is 0 Å². The largest absolute Gasteiger partial charge is 0.422 e. The number of rotatable bonds is 2. The topological polar surface area (TPSA) is 39.2 Å². The van der Waals surface area contributed by atoms with Gasteiger partial charge < -0.3 is 4.74 Å². The number of ether oxygens (including phenoxy) is 1. The summed E-state index contributed by atoms with van der Waals surface area (Å²) < 4.78 is 5.34. The Hall–Kier alpha value is -2.72. The van der Waals surface area contributed by atoms with Gasteiger partial charge in [0.1, 0.15) is 10.8 Å². The maximum atomic E-state index is 11.8. The first-order chi connectivity index (χ1) is 10.8. The molecular formula is C18H11NO2S. The van der Waals surface area contributed by atoms with E-state index in [1.54, 1.807) is 17.4 Å². The molecule has 1 aromatic heterocycles. The highest BCUT2D eigenvalue weighted by Gasteiger charge is 2.25. The second-order valence-corrected chi connectivity index (χ2v) is 5.75. The number of hydrogen-bond donors (Lipinski definition) is 0. The van der Waals surface area contributed by atoms with Gasteiger partial charge in [0, 0.05) is 22.6 Å². The maximum Gasteiger partial charge on any atom is 0.344 e. The van der Waals surface area contributed by atoms with Crippen LogP contribution in [0.3, 0.4) is 0 Å². The van der Waals surface area contributed by atoms with Crippen molar-refractivity contribution < 1.29 is 9.53 Å². The van der Waals surface area contributed by atoms with Crippen LogP contribution in [0.15, 0.2) is 60.0 Å². The Morgan fingerprint density at radius 2 is 1.68 bits per heavy atom. The van der Waals surface area contributed by atoms with Crippen LogP contribution in [-0.2, 0) is 4.74 Å². The number of nitrogens with zero attached hydrogens (tertiary/aromatic N) is 1. The average Bonchev–Trinajstić information content (AvgIpc) is 3.15. The minimum absolute atomic E-state index is 0.305. The number of esters is 1. The van der Waals surface area contributed by atoms with Crippen LogP contribution in [0.2, 0.25) is 0 Å². The van der Waals surface area contributed by atoms with Crippen LogP contribution < -0.4 is 0 Å². The van der Waals surface area contributed by atoms with Gasteiger partial charge in [0.2, 0.25) is 0 Å². The van der Waals surface area contributed by atoms with E-state index >= 15 is 0 Å². The van der Waals surface area contributed by atoms with E-state index in [-0.39, 0.29) is 5.97 Å². The fourth-order valence-electron chi connectivity index (χ4n) is 2.39. The van der Waals surface area contributed by atoms with Crippen molar-refractivity contribution in [3.05, 3.63) is 76.8 Å². The molecule has 2 heterocycles. The van der Waals surface area contributed by atoms with Crippen molar-refractivity contribution in [1.82, 2.24) is 4.98 Å². The summed E-state index contributed by atoms with van der Waals surface area (Å²) in [7, 11) is 0. The molecule has 2 aromatic carbocycles. The molecule has 106 valence electrons. The van der Waals surface area contributed by atoms with Crippen LogP contribution >= 0.6 is 11.3 Å². The number of carbonyl (C=O) groups is 1. The van der Waals surface area contributed by atoms with Gasteiger partial charge >= 0.3 is 5.97 Å². The van der Waals surface area contributed by atoms with Crippen molar-refractivity contribution >= 4 is 29.1 Å². The second kappa shape index (κ2) is 5.24. The Balaban J connectivity index is 1.70. The predicted molar refractivity (Wildman–Crippen MR) is 87.3 cm³/mol. The maximum absolute atomic E-state index is 11.8. The molecule has 0 saturated carbocycles. The third-order valence-corrected chi connectivity index (χ3v) is 4.35. The Morgan fingerprint density at radius 1 is 0.955 bits per heavy atom. The minimum atomic E-state index is -0.305. The molecule has 0 fully saturated rings. The zero-order chi connectivity index (χ0) is 14.9. The van der Waals surface area contributed by atoms with Crippen molar-refractivity contribution in [3.8, 4) is 10.6 Å². The van der Waals surface area contributed by atoms with Gasteiger partial charge in [0.25, 0.3) is 0 Å². The molecule has 4 rings (SSSR count). The lowest BCUT2D eigenvalue weighted by Gasteiger charge is -1.96. The van der Waals surface area contributed by atoms with Crippen molar-refractivity contribution in [2.45, 2.75) is 0 Å². The number of cyclic esters (lactones) is 1. The summed E-state index contributed by atoms with van der Waals surface area (Å²) in [6.45, 7) is 0. The van der Waals surface area contributed by atoms with E-state index in [0.717, 1.165) is 21.8 Å². The number of thiazole rings is 1. The summed E-state index contributed by atoms with van der Waals surface area (Å²) in [4.78, 5) is 16.4. The third-order valence-electron chi connectivity index (χ3n) is 3.44. The summed E-state index contributed by atoms with van der Waals surface area (Å²) in [5.74, 6) is 0.255. The van der Waals surface area contributed by atoms with Gasteiger partial charge in [0.15, 0.2) is 0 Å². The first-order valence-electron chi connectivity index (χ1n) is 6.85. The van der Waals surface area contributed by atoms with Crippen molar-refractivity contribution in [1.29, 1.82) is 0 Å². The molecule has 0 unspecified atom stereocenters. The molecule has 0 atom stereocenters. The van der Waals surface area contributed by atoms with Crippen LogP contribution in [0.25, 0.3) is 22.4 Å². The average molecular weight is 305 g/mol. The van der Waals surface area contributed by atoms with Crippen LogP contribution in [-0.4, -0.2) is 11.0 Å². The predicted octanol–water partition coefficient (Wildman–Crippen LogP) is 4.48. The van der Waals surface area contributed by atoms with Gasteiger partial charge in [-0.05, 0) is 6.07 Å². The standard InChI is InChI=1S/C18H11NO2S/c20-18-15-9-5-4-8-14(15)16(21-18)10-13-11-22-17(19-13)12-6-2-1-3-7-12/h1-11H/b16-10-. The van der Waals surface area contributed by atoms with Crippen LogP contribution in [0.4, 0.5) is 0 Å². The lowest BCUT2D eigenvalue weighted by atomic mass is 10.1. The first kappa shape index (κ1) is 13.0. The summed E-state index contributed by atoms with van der Waals surface area (Å²) in [6.07, 6.45) is 1.81. The van der Waals surface area contributed by atoms with Crippen LogP contribution in [0.5, 0.6) is 0 Å². The molecule has 22 heavy (non-hydrogen) atoms. The fourth-order valence-corrected chi connectivity index (χ4v) is 3.18. The highest BCUT2D eigenvalue weighted by Crippen LogP contribution is 2.32. The molecule has 0 aliphatic carbocycles. The Bertz CT molecular complexity index is 881. The smallest absolute Gasteiger partial charge is 0.344 e. The highest BCUT2D eigenvalue weighted by atomic mass is 32.1. The molecule has 0 bridgehead atoms. The molecule has 4 heteroatoms. The van der Waals surface area contributed by atoms with E-state index in [9.17, 15) is 4.79 Å². The van der Waals surface area contributed by atoms with Crippen LogP contribution in [0.1, 0.15) is 21.6 Å². The van der Waals surface area contributed by atoms with Gasteiger partial charge in [-0.25, -0.2) is 9.78 Å². The van der Waals surface area contributed by atoms with E-state index in [2.05, 4.69) is 4.98 Å². The molecule has 3 aromatic rings. The van der Waals surface area contributed by atoms with E-state index in [1.807, 2.05) is 60.0 Å². The van der Waals surface area contributed by atoms with E-state index in [0.29, 0.717) is 11.3 Å². The molecular weight excluding hydrogens is 294 g/mol. The summed E-state index contributed by atoms with van der Waals surface area (Å²) >= 11 is 1.57. The van der Waals surface area contributed by atoms with Gasteiger partial charge in [-0.2, -0.15) is 0 Å². The van der Waals surface area contributed by atoms with Crippen LogP contribution in [0, 0.1) is 0 Å². The molecule has 1 aliphatic heterocycles. The summed E-state index contributed by atoms with van der Waals surface area (Å²) in [5, 5.41) is 2.91. The lowest BCUT2D eigenvalue weighted by Crippen LogP contribution is -1.92. The number of hydrogen-bond acceptors (Lipinski definition) is 4. The van der Waals surface area contributed by atoms with Gasteiger partial charge in [-0.1, -0.05) is 48.5 Å². The number of aromatic nitrogens is 1. The number of carbonyl (C=O) groups excluding carboxylic acids is 1. The SMILES string of the molecule is O=C1O/C(=C\c2csc(-c3ccccc3)n2)c2ccccc21. The van der Waals surface area contributed by atoms with Crippen molar-refractivity contribution in [2.24, 2.45) is 0 Å². The van der Waals surface area contributed by atoms with E-state index in [4.69, 9.17) is 4.74 Å². The van der Waals surface area contributed by atoms with E-state index in [1.165, 1.54) is 0 Å². The molecule has 0 radical (unpaired) electrons. The first-order valence-corrected chi connectivity index (χ1v) is 7.73. The summed E-state index contributed by atoms with van der Waals surface area (Å²) in [5.41, 5.74) is 3.30. The highest BCUT2D eigenvalue weighted by molar-refractivity contribution is 7.13. The van der Waals surface area contributed by atoms with Gasteiger partial charge in [-0.15, -0.1) is 11.3 Å². The monoisotopic (exact) mass is 305 g/mol. The molecule has 3 nitrogen and oxygen atoms in total. The zero-order valence-corrected chi connectivity index (χ0v) is 12.3. The molecule has 1 aliphatic rings. The molecule has 0 saturated heterocycles. The number of fused-ring (bicyclic) bond motifs is 1. The Kier molecular flexibility index (Phi) is 3.09. The summed E-state index contributed by atoms with van der Waals surface area (Å²) in [6, 6.07) is 17.4. The molecule has 0 amide bonds. The lowest BCUT2D eigenvalue weighted by molar-refractivity contribution is 0.0717. The molecule has 0 spiro atoms.